The highest BCUT2D eigenvalue weighted by molar-refractivity contribution is 5.67. The molecule has 1 N–H and O–H groups in total. The first-order chi connectivity index (χ1) is 17.5. The van der Waals surface area contributed by atoms with E-state index in [9.17, 15) is 9.90 Å². The summed E-state index contributed by atoms with van der Waals surface area (Å²) < 4.78 is 12.4. The van der Waals surface area contributed by atoms with Crippen molar-refractivity contribution >= 4 is 0 Å². The first kappa shape index (κ1) is 23.8. The van der Waals surface area contributed by atoms with Crippen molar-refractivity contribution < 1.29 is 14.4 Å². The molecule has 4 aromatic rings. The van der Waals surface area contributed by atoms with E-state index >= 15 is 0 Å². The van der Waals surface area contributed by atoms with Gasteiger partial charge in [-0.1, -0.05) is 42.4 Å². The van der Waals surface area contributed by atoms with E-state index in [1.807, 2.05) is 60.9 Å². The Hall–Kier alpha value is -3.91. The van der Waals surface area contributed by atoms with Crippen LogP contribution in [0.3, 0.4) is 0 Å². The van der Waals surface area contributed by atoms with Crippen molar-refractivity contribution in [1.82, 2.24) is 19.6 Å². The summed E-state index contributed by atoms with van der Waals surface area (Å²) >= 11 is 0. The topological polar surface area (TPSA) is 93.6 Å². The molecule has 0 radical (unpaired) electrons. The third-order valence-electron chi connectivity index (χ3n) is 6.75. The Bertz CT molecular complexity index is 1460. The van der Waals surface area contributed by atoms with E-state index < -0.39 is 0 Å². The minimum absolute atomic E-state index is 0.0392. The van der Waals surface area contributed by atoms with Crippen LogP contribution in [0.2, 0.25) is 0 Å². The Kier molecular flexibility index (Phi) is 6.61. The minimum atomic E-state index is -0.0392. The maximum atomic E-state index is 13.8. The lowest BCUT2D eigenvalue weighted by Crippen LogP contribution is -2.36. The van der Waals surface area contributed by atoms with Crippen LogP contribution in [-0.4, -0.2) is 38.4 Å². The molecule has 186 valence electrons. The number of hydrogen-bond donors (Lipinski definition) is 1. The van der Waals surface area contributed by atoms with Crippen LogP contribution in [0.5, 0.6) is 11.5 Å². The van der Waals surface area contributed by atoms with Gasteiger partial charge in [-0.2, -0.15) is 4.98 Å². The molecule has 0 aliphatic carbocycles. The molecule has 0 spiro atoms. The van der Waals surface area contributed by atoms with Crippen LogP contribution in [0, 0.1) is 6.92 Å². The highest BCUT2D eigenvalue weighted by atomic mass is 16.5. The molecule has 8 heteroatoms. The molecule has 36 heavy (non-hydrogen) atoms. The van der Waals surface area contributed by atoms with Gasteiger partial charge in [-0.3, -0.25) is 9.69 Å². The zero-order chi connectivity index (χ0) is 25.2. The summed E-state index contributed by atoms with van der Waals surface area (Å²) in [5.74, 6) is 1.67. The maximum absolute atomic E-state index is 13.8. The highest BCUT2D eigenvalue weighted by Gasteiger charge is 2.24. The normalized spacial score (nSPS) is 13.5. The predicted octanol–water partition coefficient (Wildman–Crippen LogP) is 4.09. The van der Waals surface area contributed by atoms with Gasteiger partial charge in [-0.25, -0.2) is 0 Å². The molecule has 8 nitrogen and oxygen atoms in total. The first-order valence-electron chi connectivity index (χ1n) is 12.2. The van der Waals surface area contributed by atoms with E-state index in [0.717, 1.165) is 40.9 Å². The number of aromatic hydroxyl groups is 1. The van der Waals surface area contributed by atoms with Gasteiger partial charge in [0.1, 0.15) is 0 Å². The average molecular weight is 487 g/mol. The molecule has 0 saturated carbocycles. The van der Waals surface area contributed by atoms with Crippen molar-refractivity contribution in [2.75, 3.05) is 13.7 Å². The van der Waals surface area contributed by atoms with Crippen LogP contribution < -0.4 is 10.3 Å². The van der Waals surface area contributed by atoms with Crippen LogP contribution in [-0.2, 0) is 32.5 Å². The number of phenolic OH excluding ortho intramolecular Hbond substituents is 1. The Morgan fingerprint density at radius 2 is 1.94 bits per heavy atom. The minimum Gasteiger partial charge on any atom is -0.504 e. The Morgan fingerprint density at radius 3 is 2.69 bits per heavy atom. The molecule has 0 saturated heterocycles. The van der Waals surface area contributed by atoms with Gasteiger partial charge >= 0.3 is 0 Å². The molecular weight excluding hydrogens is 456 g/mol. The lowest BCUT2D eigenvalue weighted by Gasteiger charge is -2.31. The van der Waals surface area contributed by atoms with Gasteiger partial charge in [0.15, 0.2) is 17.3 Å². The fourth-order valence-corrected chi connectivity index (χ4v) is 4.87. The van der Waals surface area contributed by atoms with Gasteiger partial charge in [0.2, 0.25) is 5.89 Å². The SMILES string of the molecule is CCc1nc(Cn2c3c(cc(-c4ccccc4C)c2=O)CN(Cc2ccc(O)c(OC)c2)CC3)no1. The number of phenols is 1. The Morgan fingerprint density at radius 1 is 1.11 bits per heavy atom. The van der Waals surface area contributed by atoms with Crippen molar-refractivity contribution in [2.45, 2.75) is 46.3 Å². The van der Waals surface area contributed by atoms with Crippen molar-refractivity contribution in [1.29, 1.82) is 0 Å². The third-order valence-corrected chi connectivity index (χ3v) is 6.75. The molecule has 0 atom stereocenters. The molecule has 3 heterocycles. The summed E-state index contributed by atoms with van der Waals surface area (Å²) in [7, 11) is 1.55. The second-order valence-corrected chi connectivity index (χ2v) is 9.16. The van der Waals surface area contributed by atoms with Gasteiger partial charge in [-0.05, 0) is 47.4 Å². The molecule has 0 amide bonds. The third kappa shape index (κ3) is 4.64. The molecule has 1 aliphatic heterocycles. The van der Waals surface area contributed by atoms with Crippen LogP contribution >= 0.6 is 0 Å². The smallest absolute Gasteiger partial charge is 0.259 e. The zero-order valence-corrected chi connectivity index (χ0v) is 20.8. The lowest BCUT2D eigenvalue weighted by atomic mass is 9.96. The van der Waals surface area contributed by atoms with E-state index in [2.05, 4.69) is 15.0 Å². The predicted molar refractivity (Wildman–Crippen MR) is 136 cm³/mol. The number of fused-ring (bicyclic) bond motifs is 1. The quantitative estimate of drug-likeness (QED) is 0.421. The van der Waals surface area contributed by atoms with E-state index in [1.54, 1.807) is 13.2 Å². The fraction of sp³-hybridized carbons (Fsp3) is 0.321. The number of rotatable bonds is 7. The number of nitrogens with zero attached hydrogens (tertiary/aromatic N) is 4. The first-order valence-corrected chi connectivity index (χ1v) is 12.2. The maximum Gasteiger partial charge on any atom is 0.259 e. The molecule has 5 rings (SSSR count). The summed E-state index contributed by atoms with van der Waals surface area (Å²) in [5.41, 5.74) is 5.81. The number of benzene rings is 2. The number of hydrogen-bond acceptors (Lipinski definition) is 7. The second kappa shape index (κ2) is 9.99. The number of aryl methyl sites for hydroxylation is 2. The van der Waals surface area contributed by atoms with Crippen molar-refractivity contribution in [2.24, 2.45) is 0 Å². The standard InChI is InChI=1S/C28H30N4O4/c1-4-27-29-26(30-36-27)17-32-23-11-12-31(15-19-9-10-24(33)25(13-19)35-3)16-20(23)14-22(28(32)34)21-8-6-5-7-18(21)2/h5-10,13-14,33H,4,11-12,15-17H2,1-3H3. The molecule has 0 unspecified atom stereocenters. The number of ether oxygens (including phenoxy) is 1. The summed E-state index contributed by atoms with van der Waals surface area (Å²) in [6.45, 7) is 6.47. The Balaban J connectivity index is 1.53. The van der Waals surface area contributed by atoms with Crippen molar-refractivity contribution in [3.63, 3.8) is 0 Å². The van der Waals surface area contributed by atoms with Crippen LogP contribution in [0.1, 0.15) is 41.0 Å². The molecule has 2 aromatic heterocycles. The summed E-state index contributed by atoms with van der Waals surface area (Å²) in [4.78, 5) is 20.6. The van der Waals surface area contributed by atoms with E-state index in [1.165, 1.54) is 0 Å². The zero-order valence-electron chi connectivity index (χ0n) is 20.8. The lowest BCUT2D eigenvalue weighted by molar-refractivity contribution is 0.239. The number of methoxy groups -OCH3 is 1. The van der Waals surface area contributed by atoms with E-state index in [4.69, 9.17) is 9.26 Å². The summed E-state index contributed by atoms with van der Waals surface area (Å²) in [6.07, 6.45) is 1.38. The molecule has 1 aliphatic rings. The van der Waals surface area contributed by atoms with Crippen LogP contribution in [0.4, 0.5) is 0 Å². The van der Waals surface area contributed by atoms with Crippen LogP contribution in [0.15, 0.2) is 57.8 Å². The van der Waals surface area contributed by atoms with Gasteiger partial charge < -0.3 is 18.9 Å². The van der Waals surface area contributed by atoms with E-state index in [0.29, 0.717) is 42.5 Å². The van der Waals surface area contributed by atoms with E-state index in [-0.39, 0.29) is 17.9 Å². The van der Waals surface area contributed by atoms with Gasteiger partial charge in [0.05, 0.1) is 13.7 Å². The van der Waals surface area contributed by atoms with Gasteiger partial charge in [0.25, 0.3) is 5.56 Å². The van der Waals surface area contributed by atoms with Crippen LogP contribution in [0.25, 0.3) is 11.1 Å². The molecule has 0 bridgehead atoms. The van der Waals surface area contributed by atoms with Crippen molar-refractivity contribution in [3.05, 3.63) is 93.0 Å². The number of aromatic nitrogens is 3. The van der Waals surface area contributed by atoms with Gasteiger partial charge in [0, 0.05) is 43.7 Å². The second-order valence-electron chi connectivity index (χ2n) is 9.16. The molecule has 2 aromatic carbocycles. The summed E-state index contributed by atoms with van der Waals surface area (Å²) in [6, 6.07) is 15.5. The molecular formula is C28H30N4O4. The number of pyridine rings is 1. The van der Waals surface area contributed by atoms with Crippen molar-refractivity contribution in [3.8, 4) is 22.6 Å². The largest absolute Gasteiger partial charge is 0.504 e. The molecule has 0 fully saturated rings. The van der Waals surface area contributed by atoms with Gasteiger partial charge in [-0.15, -0.1) is 0 Å². The highest BCUT2D eigenvalue weighted by Crippen LogP contribution is 2.29. The summed E-state index contributed by atoms with van der Waals surface area (Å²) in [5, 5.41) is 14.0. The Labute approximate surface area is 209 Å². The monoisotopic (exact) mass is 486 g/mol. The fourth-order valence-electron chi connectivity index (χ4n) is 4.87. The average Bonchev–Trinajstić information content (AvgIpc) is 3.35.